The van der Waals surface area contributed by atoms with Gasteiger partial charge in [-0.2, -0.15) is 0 Å². The second kappa shape index (κ2) is 9.91. The third-order valence-corrected chi connectivity index (χ3v) is 3.51. The molecule has 2 radical (unpaired) electrons. The predicted octanol–water partition coefficient (Wildman–Crippen LogP) is 5.43. The van der Waals surface area contributed by atoms with Gasteiger partial charge < -0.3 is 14.2 Å². The molecule has 2 aromatic carbocycles. The molecule has 0 heterocycles. The molecule has 0 unspecified atom stereocenters. The number of hydrogen-bond acceptors (Lipinski definition) is 3. The van der Waals surface area contributed by atoms with Crippen LogP contribution in [-0.4, -0.2) is 20.3 Å². The van der Waals surface area contributed by atoms with Crippen LogP contribution in [0.2, 0.25) is 0 Å². The Labute approximate surface area is 157 Å². The average molecular weight is 352 g/mol. The van der Waals surface area contributed by atoms with E-state index in [1.54, 1.807) is 7.11 Å². The molecule has 0 saturated carbocycles. The minimum Gasteiger partial charge on any atom is -0.496 e. The summed E-state index contributed by atoms with van der Waals surface area (Å²) in [7, 11) is 1.64. The molecule has 0 aliphatic rings. The van der Waals surface area contributed by atoms with E-state index in [9.17, 15) is 0 Å². The van der Waals surface area contributed by atoms with Gasteiger partial charge in [0, 0.05) is 6.07 Å². The Balaban J connectivity index is 2.19. The van der Waals surface area contributed by atoms with Crippen molar-refractivity contribution in [2.75, 3.05) is 20.3 Å². The second-order valence-electron chi connectivity index (χ2n) is 7.05. The number of benzene rings is 2. The van der Waals surface area contributed by atoms with Crippen molar-refractivity contribution < 1.29 is 14.2 Å². The molecule has 2 rings (SSSR count). The monoisotopic (exact) mass is 352 g/mol. The van der Waals surface area contributed by atoms with E-state index in [-0.39, 0.29) is 0 Å². The Kier molecular flexibility index (Phi) is 7.58. The number of hydrogen-bond donors (Lipinski definition) is 0. The van der Waals surface area contributed by atoms with Crippen molar-refractivity contribution in [1.29, 1.82) is 0 Å². The molecule has 26 heavy (non-hydrogen) atoms. The number of ether oxygens (including phenoxy) is 3. The maximum atomic E-state index is 5.96. The van der Waals surface area contributed by atoms with Gasteiger partial charge in [0.1, 0.15) is 5.75 Å². The minimum atomic E-state index is 0.448. The average Bonchev–Trinajstić information content (AvgIpc) is 2.63. The third-order valence-electron chi connectivity index (χ3n) is 3.51. The van der Waals surface area contributed by atoms with Crippen LogP contribution in [0.15, 0.2) is 36.4 Å². The van der Waals surface area contributed by atoms with Crippen LogP contribution in [-0.2, 0) is 0 Å². The summed E-state index contributed by atoms with van der Waals surface area (Å²) in [5, 5.41) is 0. The van der Waals surface area contributed by atoms with Crippen molar-refractivity contribution in [1.82, 2.24) is 0 Å². The molecule has 0 spiro atoms. The van der Waals surface area contributed by atoms with E-state index in [1.807, 2.05) is 42.5 Å². The van der Waals surface area contributed by atoms with Crippen molar-refractivity contribution >= 4 is 6.08 Å². The van der Waals surface area contributed by atoms with Gasteiger partial charge in [0.2, 0.25) is 0 Å². The van der Waals surface area contributed by atoms with Gasteiger partial charge in [-0.15, -0.1) is 0 Å². The summed E-state index contributed by atoms with van der Waals surface area (Å²) in [5.74, 6) is 3.16. The van der Waals surface area contributed by atoms with Crippen LogP contribution >= 0.6 is 0 Å². The molecule has 0 N–H and O–H groups in total. The summed E-state index contributed by atoms with van der Waals surface area (Å²) in [6.07, 6.45) is 5.23. The largest absolute Gasteiger partial charge is 0.496 e. The van der Waals surface area contributed by atoms with E-state index in [0.717, 1.165) is 22.6 Å². The zero-order valence-electron chi connectivity index (χ0n) is 16.3. The Morgan fingerprint density at radius 3 is 2.31 bits per heavy atom. The smallest absolute Gasteiger partial charge is 0.161 e. The summed E-state index contributed by atoms with van der Waals surface area (Å²) in [6, 6.07) is 14.7. The highest BCUT2D eigenvalue weighted by atomic mass is 16.5. The van der Waals surface area contributed by atoms with E-state index < -0.39 is 0 Å². The first-order valence-corrected chi connectivity index (χ1v) is 9.03. The summed E-state index contributed by atoms with van der Waals surface area (Å²) >= 11 is 0. The molecule has 3 heteroatoms. The summed E-state index contributed by atoms with van der Waals surface area (Å²) in [4.78, 5) is 0. The summed E-state index contributed by atoms with van der Waals surface area (Å²) in [6.45, 7) is 9.83. The van der Waals surface area contributed by atoms with Crippen molar-refractivity contribution in [2.45, 2.75) is 27.7 Å². The Bertz CT molecular complexity index is 717. The van der Waals surface area contributed by atoms with Gasteiger partial charge in [-0.3, -0.25) is 0 Å². The maximum Gasteiger partial charge on any atom is 0.161 e. The van der Waals surface area contributed by atoms with Gasteiger partial charge in [0.05, 0.1) is 20.3 Å². The lowest BCUT2D eigenvalue weighted by Crippen LogP contribution is -2.09. The Hall–Kier alpha value is -2.42. The lowest BCUT2D eigenvalue weighted by atomic mass is 10.1. The molecular formula is C23H28O3. The van der Waals surface area contributed by atoms with Crippen LogP contribution in [0.25, 0.3) is 6.08 Å². The molecule has 0 amide bonds. The highest BCUT2D eigenvalue weighted by Crippen LogP contribution is 2.29. The number of methoxy groups -OCH3 is 1. The van der Waals surface area contributed by atoms with Gasteiger partial charge in [0.15, 0.2) is 11.5 Å². The van der Waals surface area contributed by atoms with E-state index in [4.69, 9.17) is 14.2 Å². The lowest BCUT2D eigenvalue weighted by Gasteiger charge is -2.15. The minimum absolute atomic E-state index is 0.448. The molecule has 0 aliphatic carbocycles. The second-order valence-corrected chi connectivity index (χ2v) is 7.05. The van der Waals surface area contributed by atoms with Crippen LogP contribution in [0, 0.1) is 24.0 Å². The fourth-order valence-corrected chi connectivity index (χ4v) is 2.18. The molecule has 0 saturated heterocycles. The van der Waals surface area contributed by atoms with Gasteiger partial charge in [-0.25, -0.2) is 0 Å². The van der Waals surface area contributed by atoms with Gasteiger partial charge in [-0.05, 0) is 59.4 Å². The van der Waals surface area contributed by atoms with Crippen LogP contribution in [0.5, 0.6) is 17.2 Å². The van der Waals surface area contributed by atoms with Crippen LogP contribution in [0.4, 0.5) is 0 Å². The Morgan fingerprint density at radius 2 is 1.65 bits per heavy atom. The van der Waals surface area contributed by atoms with Crippen molar-refractivity contribution in [2.24, 2.45) is 11.8 Å². The van der Waals surface area contributed by atoms with Crippen molar-refractivity contribution in [3.63, 3.8) is 0 Å². The molecule has 0 bridgehead atoms. The molecule has 0 atom stereocenters. The molecule has 3 nitrogen and oxygen atoms in total. The zero-order valence-corrected chi connectivity index (χ0v) is 16.3. The predicted molar refractivity (Wildman–Crippen MR) is 106 cm³/mol. The fourth-order valence-electron chi connectivity index (χ4n) is 2.18. The van der Waals surface area contributed by atoms with Gasteiger partial charge >= 0.3 is 0 Å². The van der Waals surface area contributed by atoms with E-state index in [2.05, 4.69) is 39.8 Å². The molecule has 0 fully saturated rings. The van der Waals surface area contributed by atoms with Gasteiger partial charge in [0.25, 0.3) is 0 Å². The topological polar surface area (TPSA) is 27.7 Å². The van der Waals surface area contributed by atoms with Crippen LogP contribution < -0.4 is 14.2 Å². The summed E-state index contributed by atoms with van der Waals surface area (Å²) in [5.41, 5.74) is 1.94. The lowest BCUT2D eigenvalue weighted by molar-refractivity contribution is 0.229. The first-order chi connectivity index (χ1) is 12.5. The third kappa shape index (κ3) is 6.47. The highest BCUT2D eigenvalue weighted by molar-refractivity contribution is 5.54. The molecular weight excluding hydrogens is 324 g/mol. The first-order valence-electron chi connectivity index (χ1n) is 9.03. The maximum absolute atomic E-state index is 5.96. The van der Waals surface area contributed by atoms with E-state index >= 15 is 0 Å². The van der Waals surface area contributed by atoms with Crippen LogP contribution in [0.1, 0.15) is 38.8 Å². The van der Waals surface area contributed by atoms with E-state index in [0.29, 0.717) is 30.8 Å². The number of rotatable bonds is 9. The quantitative estimate of drug-likeness (QED) is 0.563. The molecule has 138 valence electrons. The first kappa shape index (κ1) is 19.9. The van der Waals surface area contributed by atoms with Crippen LogP contribution in [0.3, 0.4) is 0 Å². The highest BCUT2D eigenvalue weighted by Gasteiger charge is 2.08. The SMILES string of the molecule is COc1[c]ccc(C=[C]c2ccc(OCC(C)C)c(OCC(C)C)c2)c1. The molecule has 0 aliphatic heterocycles. The normalized spacial score (nSPS) is 11.3. The molecule has 0 aromatic heterocycles. The fraction of sp³-hybridized carbons (Fsp3) is 0.391. The van der Waals surface area contributed by atoms with E-state index in [1.165, 1.54) is 0 Å². The van der Waals surface area contributed by atoms with Crippen molar-refractivity contribution in [3.8, 4) is 17.2 Å². The molecule has 2 aromatic rings. The standard InChI is InChI=1S/C23H28O3/c1-17(2)15-25-22-12-11-20(14-23(22)26-16-18(3)4)10-9-19-7-6-8-21(13-19)24-5/h6-7,9,11-14,17-18H,15-16H2,1-5H3. The zero-order chi connectivity index (χ0) is 18.9. The Morgan fingerprint density at radius 1 is 0.962 bits per heavy atom. The van der Waals surface area contributed by atoms with Gasteiger partial charge in [-0.1, -0.05) is 39.8 Å². The summed E-state index contributed by atoms with van der Waals surface area (Å²) < 4.78 is 17.1. The van der Waals surface area contributed by atoms with Crippen molar-refractivity contribution in [3.05, 3.63) is 59.7 Å².